The Kier molecular flexibility index (Phi) is 75.8. The summed E-state index contributed by atoms with van der Waals surface area (Å²) in [4.78, 5) is 0. The fourth-order valence-electron chi connectivity index (χ4n) is 6.80. The third-order valence-electron chi connectivity index (χ3n) is 11.1. The summed E-state index contributed by atoms with van der Waals surface area (Å²) in [6, 6.07) is 0. The Balaban J connectivity index is 3.09. The fourth-order valence-corrected chi connectivity index (χ4v) is 6.80. The second-order valence-electron chi connectivity index (χ2n) is 17.9. The highest BCUT2D eigenvalue weighted by molar-refractivity contribution is 4.81. The van der Waals surface area contributed by atoms with Crippen LogP contribution in [0, 0.1) is 0 Å². The monoisotopic (exact) mass is 1150 g/mol. The van der Waals surface area contributed by atoms with Crippen LogP contribution in [0.2, 0.25) is 0 Å². The van der Waals surface area contributed by atoms with Crippen LogP contribution in [-0.2, 0) is 94.7 Å². The number of allylic oxidation sites excluding steroid dienone is 2. The van der Waals surface area contributed by atoms with E-state index in [1.54, 1.807) is 0 Å². The summed E-state index contributed by atoms with van der Waals surface area (Å²) in [5.41, 5.74) is 0. The highest BCUT2D eigenvalue weighted by atomic mass is 16.6. The minimum atomic E-state index is 0.0200. The molecule has 1 N–H and O–H groups in total. The summed E-state index contributed by atoms with van der Waals surface area (Å²) in [7, 11) is 0. The third-order valence-corrected chi connectivity index (χ3v) is 11.1. The molecule has 0 saturated carbocycles. The first-order chi connectivity index (χ1) is 39.4. The molecule has 474 valence electrons. The van der Waals surface area contributed by atoms with Gasteiger partial charge in [0, 0.05) is 6.61 Å². The van der Waals surface area contributed by atoms with Gasteiger partial charge in [0.15, 0.2) is 0 Å². The van der Waals surface area contributed by atoms with Crippen molar-refractivity contribution in [3.05, 3.63) is 12.2 Å². The molecule has 0 aliphatic carbocycles. The quantitative estimate of drug-likeness (QED) is 0.0521. The van der Waals surface area contributed by atoms with Crippen LogP contribution in [0.5, 0.6) is 0 Å². The van der Waals surface area contributed by atoms with E-state index in [0.29, 0.717) is 258 Å². The summed E-state index contributed by atoms with van der Waals surface area (Å²) >= 11 is 0. The molecular weight excluding hydrogens is 1030 g/mol. The van der Waals surface area contributed by atoms with Crippen LogP contribution in [0.4, 0.5) is 0 Å². The van der Waals surface area contributed by atoms with E-state index in [1.165, 1.54) is 83.5 Å². The van der Waals surface area contributed by atoms with Crippen molar-refractivity contribution in [3.63, 3.8) is 0 Å². The van der Waals surface area contributed by atoms with Gasteiger partial charge in [-0.05, 0) is 32.1 Å². The SMILES string of the molecule is CCCCCCCC/C=C\CCCCCCCCOCCOCCOCCOCCOCCOCCOCCOCCOCCOCCOCCOCCOCCOCCOCCOCCOCCOCCOCCOCCO. The number of ether oxygens (including phenoxy) is 20. The van der Waals surface area contributed by atoms with E-state index in [1.807, 2.05) is 0 Å². The first-order valence-electron chi connectivity index (χ1n) is 30.2. The molecule has 21 heteroatoms. The van der Waals surface area contributed by atoms with E-state index in [0.717, 1.165) is 13.0 Å². The van der Waals surface area contributed by atoms with Crippen molar-refractivity contribution in [3.8, 4) is 0 Å². The van der Waals surface area contributed by atoms with Gasteiger partial charge < -0.3 is 99.8 Å². The maximum absolute atomic E-state index is 8.61. The molecule has 0 aromatic heterocycles. The predicted molar refractivity (Wildman–Crippen MR) is 303 cm³/mol. The normalized spacial score (nSPS) is 11.9. The molecule has 0 saturated heterocycles. The second kappa shape index (κ2) is 76.9. The van der Waals surface area contributed by atoms with E-state index >= 15 is 0 Å². The van der Waals surface area contributed by atoms with E-state index in [9.17, 15) is 0 Å². The van der Waals surface area contributed by atoms with Gasteiger partial charge in [0.25, 0.3) is 0 Å². The van der Waals surface area contributed by atoms with Crippen LogP contribution < -0.4 is 0 Å². The maximum atomic E-state index is 8.61. The van der Waals surface area contributed by atoms with Gasteiger partial charge >= 0.3 is 0 Å². The fraction of sp³-hybridized carbons (Fsp3) is 0.966. The average Bonchev–Trinajstić information content (AvgIpc) is 3.46. The summed E-state index contributed by atoms with van der Waals surface area (Å²) in [6.45, 7) is 22.7. The number of aliphatic hydroxyl groups excluding tert-OH is 1. The molecule has 21 nitrogen and oxygen atoms in total. The van der Waals surface area contributed by atoms with Crippen molar-refractivity contribution in [2.45, 2.75) is 96.8 Å². The molecular formula is C58H116O21. The molecule has 0 fully saturated rings. The van der Waals surface area contributed by atoms with Crippen LogP contribution in [0.15, 0.2) is 12.2 Å². The Labute approximate surface area is 478 Å². The summed E-state index contributed by atoms with van der Waals surface area (Å²) < 4.78 is 110. The van der Waals surface area contributed by atoms with Crippen molar-refractivity contribution in [1.29, 1.82) is 0 Å². The smallest absolute Gasteiger partial charge is 0.0701 e. The highest BCUT2D eigenvalue weighted by Gasteiger charge is 2.00. The van der Waals surface area contributed by atoms with Crippen molar-refractivity contribution in [2.24, 2.45) is 0 Å². The summed E-state index contributed by atoms with van der Waals surface area (Å²) in [5.74, 6) is 0. The minimum absolute atomic E-state index is 0.0200. The topological polar surface area (TPSA) is 205 Å². The van der Waals surface area contributed by atoms with Gasteiger partial charge in [-0.3, -0.25) is 0 Å². The van der Waals surface area contributed by atoms with Gasteiger partial charge in [-0.1, -0.05) is 76.9 Å². The number of hydrogen-bond donors (Lipinski definition) is 1. The largest absolute Gasteiger partial charge is 0.394 e. The van der Waals surface area contributed by atoms with Gasteiger partial charge in [-0.2, -0.15) is 0 Å². The van der Waals surface area contributed by atoms with E-state index < -0.39 is 0 Å². The van der Waals surface area contributed by atoms with Crippen LogP contribution in [-0.4, -0.2) is 276 Å². The Bertz CT molecular complexity index is 1070. The number of rotatable bonds is 75. The molecule has 0 radical (unpaired) electrons. The van der Waals surface area contributed by atoms with Gasteiger partial charge in [0.1, 0.15) is 0 Å². The molecule has 0 atom stereocenters. The van der Waals surface area contributed by atoms with E-state index in [4.69, 9.17) is 99.8 Å². The molecule has 0 aromatic carbocycles. The van der Waals surface area contributed by atoms with Gasteiger partial charge in [-0.15, -0.1) is 0 Å². The maximum Gasteiger partial charge on any atom is 0.0701 e. The van der Waals surface area contributed by atoms with Crippen LogP contribution in [0.1, 0.15) is 96.8 Å². The van der Waals surface area contributed by atoms with Crippen molar-refractivity contribution in [1.82, 2.24) is 0 Å². The van der Waals surface area contributed by atoms with Crippen LogP contribution in [0.3, 0.4) is 0 Å². The number of hydrogen-bond acceptors (Lipinski definition) is 21. The molecule has 0 aliphatic heterocycles. The molecule has 0 amide bonds. The lowest BCUT2D eigenvalue weighted by Gasteiger charge is -2.09. The third kappa shape index (κ3) is 76.9. The minimum Gasteiger partial charge on any atom is -0.394 e. The molecule has 0 rings (SSSR count). The lowest BCUT2D eigenvalue weighted by Crippen LogP contribution is -2.16. The Hall–Kier alpha value is -1.10. The molecule has 0 aromatic rings. The highest BCUT2D eigenvalue weighted by Crippen LogP contribution is 2.10. The lowest BCUT2D eigenvalue weighted by molar-refractivity contribution is -0.0315. The summed E-state index contributed by atoms with van der Waals surface area (Å²) in [5, 5.41) is 8.61. The molecule has 79 heavy (non-hydrogen) atoms. The van der Waals surface area contributed by atoms with Gasteiger partial charge in [-0.25, -0.2) is 0 Å². The molecule has 0 spiro atoms. The van der Waals surface area contributed by atoms with E-state index in [-0.39, 0.29) is 6.61 Å². The zero-order valence-electron chi connectivity index (χ0n) is 49.7. The molecule has 0 unspecified atom stereocenters. The Morgan fingerprint density at radius 1 is 0.177 bits per heavy atom. The second-order valence-corrected chi connectivity index (χ2v) is 17.9. The average molecular weight is 1150 g/mol. The van der Waals surface area contributed by atoms with Gasteiger partial charge in [0.2, 0.25) is 0 Å². The number of unbranched alkanes of at least 4 members (excludes halogenated alkanes) is 12. The van der Waals surface area contributed by atoms with Crippen LogP contribution in [0.25, 0.3) is 0 Å². The van der Waals surface area contributed by atoms with Crippen molar-refractivity contribution < 1.29 is 99.8 Å². The first-order valence-corrected chi connectivity index (χ1v) is 30.2. The standard InChI is InChI=1S/C58H116O21/c1-2-3-4-5-6-7-8-9-10-11-12-13-14-15-16-17-19-60-21-23-62-25-27-64-29-31-66-33-35-68-37-39-70-41-43-72-45-47-74-49-51-76-53-55-78-57-58-79-56-54-77-52-50-75-48-46-73-44-42-71-40-38-69-36-34-67-32-30-65-28-26-63-24-22-61-20-18-59/h9-10,59H,2-8,11-58H2,1H3/b10-9-. The van der Waals surface area contributed by atoms with Crippen LogP contribution >= 0.6 is 0 Å². The molecule has 0 aliphatic rings. The lowest BCUT2D eigenvalue weighted by atomic mass is 10.1. The van der Waals surface area contributed by atoms with E-state index in [2.05, 4.69) is 19.1 Å². The molecule has 0 heterocycles. The Morgan fingerprint density at radius 2 is 0.329 bits per heavy atom. The summed E-state index contributed by atoms with van der Waals surface area (Å²) in [6.07, 6.45) is 23.2. The zero-order valence-corrected chi connectivity index (χ0v) is 49.7. The van der Waals surface area contributed by atoms with Crippen molar-refractivity contribution in [2.75, 3.05) is 271 Å². The number of aliphatic hydroxyl groups is 1. The predicted octanol–water partition coefficient (Wildman–Crippen LogP) is 6.35. The Morgan fingerprint density at radius 3 is 0.519 bits per heavy atom. The van der Waals surface area contributed by atoms with Crippen molar-refractivity contribution >= 4 is 0 Å². The first kappa shape index (κ1) is 77.9. The van der Waals surface area contributed by atoms with Gasteiger partial charge in [0.05, 0.1) is 264 Å². The zero-order chi connectivity index (χ0) is 56.4. The molecule has 0 bridgehead atoms.